The van der Waals surface area contributed by atoms with E-state index in [0.29, 0.717) is 18.2 Å². The first-order chi connectivity index (χ1) is 10.1. The van der Waals surface area contributed by atoms with Crippen molar-refractivity contribution in [2.45, 2.75) is 39.7 Å². The van der Waals surface area contributed by atoms with Gasteiger partial charge in [-0.25, -0.2) is 0 Å². The summed E-state index contributed by atoms with van der Waals surface area (Å²) in [5.41, 5.74) is 1.90. The van der Waals surface area contributed by atoms with Gasteiger partial charge in [-0.1, -0.05) is 25.5 Å². The van der Waals surface area contributed by atoms with Crippen molar-refractivity contribution >= 4 is 28.5 Å². The third-order valence-corrected chi connectivity index (χ3v) is 4.02. The maximum Gasteiger partial charge on any atom is 0.289 e. The number of carbonyl (C=O) groups excluding carboxylic acids is 1. The highest BCUT2D eigenvalue weighted by molar-refractivity contribution is 6.18. The molecule has 1 aromatic heterocycles. The smallest absolute Gasteiger partial charge is 0.289 e. The van der Waals surface area contributed by atoms with Crippen LogP contribution in [-0.2, 0) is 0 Å². The second kappa shape index (κ2) is 6.99. The number of rotatable bonds is 6. The fourth-order valence-electron chi connectivity index (χ4n) is 2.68. The molecule has 0 aliphatic heterocycles. The second-order valence-corrected chi connectivity index (χ2v) is 5.69. The fourth-order valence-corrected chi connectivity index (χ4v) is 2.86. The number of hydrogen-bond acceptors (Lipinski definition) is 2. The molecule has 0 fully saturated rings. The molecule has 0 aliphatic carbocycles. The Morgan fingerprint density at radius 2 is 2.00 bits per heavy atom. The number of halogens is 1. The molecular weight excluding hydrogens is 286 g/mol. The first-order valence-corrected chi connectivity index (χ1v) is 8.01. The van der Waals surface area contributed by atoms with E-state index in [2.05, 4.69) is 13.8 Å². The molecule has 1 heterocycles. The average Bonchev–Trinajstić information content (AvgIpc) is 2.89. The third-order valence-electron chi connectivity index (χ3n) is 3.85. The van der Waals surface area contributed by atoms with Crippen molar-refractivity contribution in [1.29, 1.82) is 0 Å². The van der Waals surface area contributed by atoms with Crippen LogP contribution in [0.3, 0.4) is 0 Å². The number of benzene rings is 1. The molecule has 0 spiro atoms. The average molecular weight is 308 g/mol. The molecule has 1 amide bonds. The normalized spacial score (nSPS) is 11.3. The van der Waals surface area contributed by atoms with Crippen molar-refractivity contribution in [3.8, 4) is 0 Å². The molecule has 2 rings (SSSR count). The molecule has 0 N–H and O–H groups in total. The van der Waals surface area contributed by atoms with Crippen LogP contribution in [0.5, 0.6) is 0 Å². The van der Waals surface area contributed by atoms with Crippen LogP contribution < -0.4 is 0 Å². The molecule has 4 heteroatoms. The summed E-state index contributed by atoms with van der Waals surface area (Å²) in [7, 11) is 0. The maximum absolute atomic E-state index is 12.7. The summed E-state index contributed by atoms with van der Waals surface area (Å²) in [6, 6.07) is 7.95. The number of fused-ring (bicyclic) bond motifs is 1. The number of alkyl halides is 1. The Labute approximate surface area is 130 Å². The van der Waals surface area contributed by atoms with E-state index >= 15 is 0 Å². The first kappa shape index (κ1) is 15.9. The Kier molecular flexibility index (Phi) is 5.29. The van der Waals surface area contributed by atoms with Gasteiger partial charge in [0.1, 0.15) is 5.58 Å². The molecule has 0 aliphatic rings. The lowest BCUT2D eigenvalue weighted by atomic mass is 10.1. The van der Waals surface area contributed by atoms with Gasteiger partial charge >= 0.3 is 0 Å². The zero-order valence-corrected chi connectivity index (χ0v) is 13.6. The van der Waals surface area contributed by atoms with E-state index in [0.717, 1.165) is 29.4 Å². The number of aryl methyl sites for hydroxylation is 1. The van der Waals surface area contributed by atoms with Gasteiger partial charge in [0, 0.05) is 23.9 Å². The van der Waals surface area contributed by atoms with Gasteiger partial charge in [0.05, 0.1) is 0 Å². The molecule has 0 saturated carbocycles. The van der Waals surface area contributed by atoms with Gasteiger partial charge in [0.15, 0.2) is 5.76 Å². The highest BCUT2D eigenvalue weighted by atomic mass is 35.5. The van der Waals surface area contributed by atoms with Gasteiger partial charge in [-0.15, -0.1) is 11.6 Å². The predicted molar refractivity (Wildman–Crippen MR) is 87.1 cm³/mol. The van der Waals surface area contributed by atoms with Gasteiger partial charge in [0.25, 0.3) is 5.91 Å². The molecule has 0 saturated heterocycles. The Balaban J connectivity index is 2.33. The molecule has 0 atom stereocenters. The van der Waals surface area contributed by atoms with Crippen LogP contribution in [0.4, 0.5) is 0 Å². The molecule has 0 bridgehead atoms. The molecule has 2 aromatic rings. The van der Waals surface area contributed by atoms with Crippen LogP contribution in [0.1, 0.15) is 42.8 Å². The Hall–Kier alpha value is -1.48. The second-order valence-electron chi connectivity index (χ2n) is 5.31. The summed E-state index contributed by atoms with van der Waals surface area (Å²) in [4.78, 5) is 14.6. The van der Waals surface area contributed by atoms with Crippen molar-refractivity contribution in [3.05, 3.63) is 35.6 Å². The van der Waals surface area contributed by atoms with Crippen molar-refractivity contribution in [3.63, 3.8) is 0 Å². The largest absolute Gasteiger partial charge is 0.451 e. The summed E-state index contributed by atoms with van der Waals surface area (Å²) in [5.74, 6) is 0.757. The predicted octanol–water partition coefficient (Wildman–Crippen LogP) is 4.61. The van der Waals surface area contributed by atoms with Gasteiger partial charge in [-0.3, -0.25) is 4.79 Å². The zero-order valence-electron chi connectivity index (χ0n) is 12.9. The number of nitrogens with zero attached hydrogens (tertiary/aromatic N) is 1. The maximum atomic E-state index is 12.7. The van der Waals surface area contributed by atoms with E-state index in [4.69, 9.17) is 16.0 Å². The van der Waals surface area contributed by atoms with Gasteiger partial charge in [-0.2, -0.15) is 0 Å². The minimum absolute atomic E-state index is 0.0711. The van der Waals surface area contributed by atoms with E-state index in [9.17, 15) is 4.79 Å². The molecule has 21 heavy (non-hydrogen) atoms. The standard InChI is InChI=1S/C17H22ClNO2/c1-4-14(5-2)19(9-8-18)17(20)16-11-13-10-12(3)6-7-15(13)21-16/h6-7,10-11,14H,4-5,8-9H2,1-3H3. The molecular formula is C17H22ClNO2. The number of hydrogen-bond donors (Lipinski definition) is 0. The molecule has 0 unspecified atom stereocenters. The van der Waals surface area contributed by atoms with Crippen LogP contribution in [0.25, 0.3) is 11.0 Å². The Morgan fingerprint density at radius 1 is 1.29 bits per heavy atom. The first-order valence-electron chi connectivity index (χ1n) is 7.47. The summed E-state index contributed by atoms with van der Waals surface area (Å²) >= 11 is 5.86. The number of amides is 1. The zero-order chi connectivity index (χ0) is 15.4. The molecule has 114 valence electrons. The quantitative estimate of drug-likeness (QED) is 0.730. The van der Waals surface area contributed by atoms with E-state index in [1.807, 2.05) is 36.1 Å². The SMILES string of the molecule is CCC(CC)N(CCCl)C(=O)c1cc2cc(C)ccc2o1. The van der Waals surface area contributed by atoms with Gasteiger partial charge < -0.3 is 9.32 Å². The van der Waals surface area contributed by atoms with E-state index in [1.165, 1.54) is 0 Å². The Morgan fingerprint density at radius 3 is 2.62 bits per heavy atom. The number of furan rings is 1. The molecule has 3 nitrogen and oxygen atoms in total. The van der Waals surface area contributed by atoms with Crippen molar-refractivity contribution < 1.29 is 9.21 Å². The minimum Gasteiger partial charge on any atom is -0.451 e. The monoisotopic (exact) mass is 307 g/mol. The molecule has 1 aromatic carbocycles. The lowest BCUT2D eigenvalue weighted by Gasteiger charge is -2.29. The van der Waals surface area contributed by atoms with Crippen LogP contribution >= 0.6 is 11.6 Å². The highest BCUT2D eigenvalue weighted by Crippen LogP contribution is 2.23. The highest BCUT2D eigenvalue weighted by Gasteiger charge is 2.24. The lowest BCUT2D eigenvalue weighted by Crippen LogP contribution is -2.40. The number of carbonyl (C=O) groups is 1. The minimum atomic E-state index is -0.0711. The van der Waals surface area contributed by atoms with Crippen LogP contribution in [0.15, 0.2) is 28.7 Å². The van der Waals surface area contributed by atoms with E-state index in [-0.39, 0.29) is 11.9 Å². The summed E-state index contributed by atoms with van der Waals surface area (Å²) < 4.78 is 5.72. The van der Waals surface area contributed by atoms with Crippen molar-refractivity contribution in [2.24, 2.45) is 0 Å². The van der Waals surface area contributed by atoms with Crippen LogP contribution in [0.2, 0.25) is 0 Å². The van der Waals surface area contributed by atoms with Gasteiger partial charge in [0.2, 0.25) is 0 Å². The molecule has 0 radical (unpaired) electrons. The lowest BCUT2D eigenvalue weighted by molar-refractivity contribution is 0.0651. The topological polar surface area (TPSA) is 33.5 Å². The summed E-state index contributed by atoms with van der Waals surface area (Å²) in [6.45, 7) is 6.75. The van der Waals surface area contributed by atoms with Crippen LogP contribution in [0, 0.1) is 6.92 Å². The summed E-state index contributed by atoms with van der Waals surface area (Å²) in [5, 5.41) is 0.966. The van der Waals surface area contributed by atoms with E-state index in [1.54, 1.807) is 0 Å². The van der Waals surface area contributed by atoms with Crippen LogP contribution in [-0.4, -0.2) is 29.3 Å². The van der Waals surface area contributed by atoms with E-state index < -0.39 is 0 Å². The fraction of sp³-hybridized carbons (Fsp3) is 0.471. The van der Waals surface area contributed by atoms with Crippen molar-refractivity contribution in [2.75, 3.05) is 12.4 Å². The summed E-state index contributed by atoms with van der Waals surface area (Å²) in [6.07, 6.45) is 1.83. The Bertz CT molecular complexity index is 616. The third kappa shape index (κ3) is 3.41. The van der Waals surface area contributed by atoms with Crippen molar-refractivity contribution in [1.82, 2.24) is 4.90 Å². The van der Waals surface area contributed by atoms with Gasteiger partial charge in [-0.05, 0) is 38.0 Å².